The molecule has 0 fully saturated rings. The van der Waals surface area contributed by atoms with E-state index in [2.05, 4.69) is 9.98 Å². The summed E-state index contributed by atoms with van der Waals surface area (Å²) >= 11 is 0. The highest BCUT2D eigenvalue weighted by Crippen LogP contribution is 2.28. The van der Waals surface area contributed by atoms with Crippen molar-refractivity contribution in [2.24, 2.45) is 4.99 Å². The van der Waals surface area contributed by atoms with Gasteiger partial charge in [-0.3, -0.25) is 9.98 Å². The maximum atomic E-state index is 12.2. The van der Waals surface area contributed by atoms with Crippen molar-refractivity contribution in [3.05, 3.63) is 83.7 Å². The van der Waals surface area contributed by atoms with Crippen molar-refractivity contribution in [2.75, 3.05) is 7.11 Å². The lowest BCUT2D eigenvalue weighted by Crippen LogP contribution is -2.09. The Morgan fingerprint density at radius 1 is 1.00 bits per heavy atom. The van der Waals surface area contributed by atoms with Crippen LogP contribution in [-0.4, -0.2) is 24.3 Å². The van der Waals surface area contributed by atoms with Crippen molar-refractivity contribution >= 4 is 17.9 Å². The summed E-state index contributed by atoms with van der Waals surface area (Å²) in [4.78, 5) is 20.5. The van der Waals surface area contributed by atoms with Crippen molar-refractivity contribution in [1.82, 2.24) is 4.98 Å². The van der Waals surface area contributed by atoms with Gasteiger partial charge in [0, 0.05) is 18.6 Å². The first-order valence-electron chi connectivity index (χ1n) is 8.07. The summed E-state index contributed by atoms with van der Waals surface area (Å²) in [5.41, 5.74) is 3.31. The number of aromatic nitrogens is 1. The zero-order valence-electron chi connectivity index (χ0n) is 14.5. The Hall–Kier alpha value is -3.47. The van der Waals surface area contributed by atoms with E-state index in [0.29, 0.717) is 17.1 Å². The number of aliphatic imine (C=N–C) groups is 1. The van der Waals surface area contributed by atoms with E-state index in [-0.39, 0.29) is 0 Å². The van der Waals surface area contributed by atoms with E-state index in [1.165, 1.54) is 12.7 Å². The molecule has 0 aliphatic carbocycles. The predicted octanol–water partition coefficient (Wildman–Crippen LogP) is 4.37. The van der Waals surface area contributed by atoms with E-state index in [0.717, 1.165) is 11.3 Å². The maximum absolute atomic E-state index is 12.2. The number of rotatable bonds is 5. The molecular weight excluding hydrogens is 328 g/mol. The third-order valence-electron chi connectivity index (χ3n) is 3.70. The third-order valence-corrected chi connectivity index (χ3v) is 3.70. The lowest BCUT2D eigenvalue weighted by atomic mass is 10.2. The lowest BCUT2D eigenvalue weighted by molar-refractivity contribution is 0.0729. The highest BCUT2D eigenvalue weighted by Gasteiger charge is 2.12. The van der Waals surface area contributed by atoms with Crippen molar-refractivity contribution in [2.45, 2.75) is 6.92 Å². The van der Waals surface area contributed by atoms with Crippen LogP contribution in [0.4, 0.5) is 5.69 Å². The maximum Gasteiger partial charge on any atom is 0.343 e. The first kappa shape index (κ1) is 17.4. The summed E-state index contributed by atoms with van der Waals surface area (Å²) in [5, 5.41) is 0. The zero-order valence-corrected chi connectivity index (χ0v) is 14.5. The molecule has 0 amide bonds. The number of carbonyl (C=O) groups excluding carboxylic acids is 1. The fourth-order valence-electron chi connectivity index (χ4n) is 2.28. The molecular formula is C21H18N2O3. The first-order valence-corrected chi connectivity index (χ1v) is 8.07. The van der Waals surface area contributed by atoms with Crippen LogP contribution in [0.15, 0.2) is 72.0 Å². The van der Waals surface area contributed by atoms with Crippen LogP contribution in [-0.2, 0) is 0 Å². The Morgan fingerprint density at radius 2 is 1.73 bits per heavy atom. The van der Waals surface area contributed by atoms with Crippen molar-refractivity contribution in [3.8, 4) is 11.5 Å². The summed E-state index contributed by atoms with van der Waals surface area (Å²) in [6.07, 6.45) is 4.82. The Kier molecular flexibility index (Phi) is 5.39. The van der Waals surface area contributed by atoms with E-state index < -0.39 is 5.97 Å². The third kappa shape index (κ3) is 4.33. The van der Waals surface area contributed by atoms with Gasteiger partial charge in [0.25, 0.3) is 0 Å². The standard InChI is InChI=1S/C21H18N2O3/c1-15-3-6-18(7-4-15)23-14-16-5-8-19(20(13-16)25-2)26-21(24)17-9-11-22-12-10-17/h3-14H,1-2H3. The average Bonchev–Trinajstić information content (AvgIpc) is 2.69. The first-order chi connectivity index (χ1) is 12.7. The average molecular weight is 346 g/mol. The molecule has 130 valence electrons. The van der Waals surface area contributed by atoms with Crippen molar-refractivity contribution in [3.63, 3.8) is 0 Å². The quantitative estimate of drug-likeness (QED) is 0.391. The fraction of sp³-hybridized carbons (Fsp3) is 0.0952. The number of esters is 1. The summed E-state index contributed by atoms with van der Waals surface area (Å²) in [5.74, 6) is 0.342. The molecule has 0 aliphatic heterocycles. The summed E-state index contributed by atoms with van der Waals surface area (Å²) in [6.45, 7) is 2.03. The molecule has 0 aliphatic rings. The molecule has 0 atom stereocenters. The molecule has 0 bridgehead atoms. The van der Waals surface area contributed by atoms with Gasteiger partial charge in [-0.25, -0.2) is 4.79 Å². The van der Waals surface area contributed by atoms with Gasteiger partial charge in [0.1, 0.15) is 0 Å². The molecule has 1 heterocycles. The number of hydrogen-bond donors (Lipinski definition) is 0. The topological polar surface area (TPSA) is 60.8 Å². The predicted molar refractivity (Wildman–Crippen MR) is 101 cm³/mol. The van der Waals surface area contributed by atoms with Gasteiger partial charge in [0.05, 0.1) is 18.4 Å². The van der Waals surface area contributed by atoms with Crippen molar-refractivity contribution in [1.29, 1.82) is 0 Å². The van der Waals surface area contributed by atoms with Crippen LogP contribution >= 0.6 is 0 Å². The van der Waals surface area contributed by atoms with Crippen LogP contribution in [0.1, 0.15) is 21.5 Å². The summed E-state index contributed by atoms with van der Waals surface area (Å²) in [7, 11) is 1.53. The Bertz CT molecular complexity index is 920. The molecule has 0 saturated carbocycles. The summed E-state index contributed by atoms with van der Waals surface area (Å²) in [6, 6.07) is 16.4. The number of aryl methyl sites for hydroxylation is 1. The lowest BCUT2D eigenvalue weighted by Gasteiger charge is -2.09. The van der Waals surface area contributed by atoms with Gasteiger partial charge < -0.3 is 9.47 Å². The molecule has 0 radical (unpaired) electrons. The zero-order chi connectivity index (χ0) is 18.4. The van der Waals surface area contributed by atoms with Gasteiger partial charge in [-0.15, -0.1) is 0 Å². The number of methoxy groups -OCH3 is 1. The van der Waals surface area contributed by atoms with E-state index in [1.807, 2.05) is 37.3 Å². The fourth-order valence-corrected chi connectivity index (χ4v) is 2.28. The minimum Gasteiger partial charge on any atom is -0.493 e. The monoisotopic (exact) mass is 346 g/mol. The molecule has 5 heteroatoms. The van der Waals surface area contributed by atoms with Gasteiger partial charge in [-0.1, -0.05) is 17.7 Å². The Labute approximate surface area is 152 Å². The number of ether oxygens (including phenoxy) is 2. The minimum atomic E-state index is -0.466. The second-order valence-electron chi connectivity index (χ2n) is 5.63. The van der Waals surface area contributed by atoms with Gasteiger partial charge in [-0.05, 0) is 55.0 Å². The van der Waals surface area contributed by atoms with Crippen LogP contribution in [0.25, 0.3) is 0 Å². The summed E-state index contributed by atoms with van der Waals surface area (Å²) < 4.78 is 10.8. The highest BCUT2D eigenvalue weighted by molar-refractivity contribution is 5.91. The van der Waals surface area contributed by atoms with E-state index in [1.54, 1.807) is 42.9 Å². The molecule has 0 saturated heterocycles. The van der Waals surface area contributed by atoms with E-state index in [4.69, 9.17) is 9.47 Å². The molecule has 1 aromatic heterocycles. The second kappa shape index (κ2) is 8.07. The second-order valence-corrected chi connectivity index (χ2v) is 5.63. The van der Waals surface area contributed by atoms with Crippen LogP contribution in [0.2, 0.25) is 0 Å². The molecule has 26 heavy (non-hydrogen) atoms. The minimum absolute atomic E-state index is 0.349. The number of benzene rings is 2. The number of pyridine rings is 1. The van der Waals surface area contributed by atoms with Gasteiger partial charge in [0.15, 0.2) is 11.5 Å². The largest absolute Gasteiger partial charge is 0.493 e. The van der Waals surface area contributed by atoms with Crippen LogP contribution in [0.3, 0.4) is 0 Å². The van der Waals surface area contributed by atoms with Gasteiger partial charge in [0.2, 0.25) is 0 Å². The molecule has 3 rings (SSSR count). The highest BCUT2D eigenvalue weighted by atomic mass is 16.6. The van der Waals surface area contributed by atoms with Crippen LogP contribution < -0.4 is 9.47 Å². The van der Waals surface area contributed by atoms with Crippen LogP contribution in [0.5, 0.6) is 11.5 Å². The molecule has 0 spiro atoms. The molecule has 2 aromatic carbocycles. The SMILES string of the molecule is COc1cc(C=Nc2ccc(C)cc2)ccc1OC(=O)c1ccncc1. The van der Waals surface area contributed by atoms with Gasteiger partial charge >= 0.3 is 5.97 Å². The molecule has 5 nitrogen and oxygen atoms in total. The van der Waals surface area contributed by atoms with E-state index >= 15 is 0 Å². The number of carbonyl (C=O) groups is 1. The molecule has 0 unspecified atom stereocenters. The molecule has 3 aromatic rings. The Balaban J connectivity index is 1.77. The Morgan fingerprint density at radius 3 is 2.42 bits per heavy atom. The smallest absolute Gasteiger partial charge is 0.343 e. The van der Waals surface area contributed by atoms with Crippen molar-refractivity contribution < 1.29 is 14.3 Å². The normalized spacial score (nSPS) is 10.7. The van der Waals surface area contributed by atoms with Crippen LogP contribution in [0, 0.1) is 6.92 Å². The number of nitrogens with zero attached hydrogens (tertiary/aromatic N) is 2. The van der Waals surface area contributed by atoms with Gasteiger partial charge in [-0.2, -0.15) is 0 Å². The van der Waals surface area contributed by atoms with E-state index in [9.17, 15) is 4.79 Å². The molecule has 0 N–H and O–H groups in total. The number of hydrogen-bond acceptors (Lipinski definition) is 5.